The largest absolute Gasteiger partial charge is 0.497 e. The van der Waals surface area contributed by atoms with E-state index >= 15 is 0 Å². The summed E-state index contributed by atoms with van der Waals surface area (Å²) in [7, 11) is 2.50. The van der Waals surface area contributed by atoms with Gasteiger partial charge in [-0.05, 0) is 35.4 Å². The molecule has 1 amide bonds. The number of nitrogens with one attached hydrogen (secondary N) is 2. The second-order valence-electron chi connectivity index (χ2n) is 7.69. The van der Waals surface area contributed by atoms with Gasteiger partial charge in [0.15, 0.2) is 23.3 Å². The van der Waals surface area contributed by atoms with E-state index in [-0.39, 0.29) is 16.7 Å². The molecule has 0 radical (unpaired) electrons. The normalized spacial score (nSPS) is 12.0. The van der Waals surface area contributed by atoms with Crippen molar-refractivity contribution in [3.8, 4) is 5.75 Å². The van der Waals surface area contributed by atoms with Crippen molar-refractivity contribution in [2.45, 2.75) is 12.1 Å². The number of amides is 1. The van der Waals surface area contributed by atoms with Crippen molar-refractivity contribution in [1.82, 2.24) is 0 Å². The summed E-state index contributed by atoms with van der Waals surface area (Å²) in [5.41, 5.74) is -4.97. The number of benzene rings is 3. The third kappa shape index (κ3) is 5.45. The summed E-state index contributed by atoms with van der Waals surface area (Å²) in [6.45, 7) is 0. The summed E-state index contributed by atoms with van der Waals surface area (Å²) in [6, 6.07) is 11.3. The topological polar surface area (TPSA) is 88.5 Å². The molecule has 0 saturated heterocycles. The van der Waals surface area contributed by atoms with E-state index in [1.165, 1.54) is 54.9 Å². The summed E-state index contributed by atoms with van der Waals surface area (Å²) in [6.07, 6.45) is -5.76. The average molecular weight is 542 g/mol. The Morgan fingerprint density at radius 2 is 1.45 bits per heavy atom. The van der Waals surface area contributed by atoms with Crippen LogP contribution < -0.4 is 10.1 Å². The van der Waals surface area contributed by atoms with Gasteiger partial charge in [0.2, 0.25) is 0 Å². The maximum absolute atomic E-state index is 14.3. The quantitative estimate of drug-likeness (QED) is 0.170. The highest BCUT2D eigenvalue weighted by molar-refractivity contribution is 6.44. The minimum atomic E-state index is -5.76. The van der Waals surface area contributed by atoms with Crippen LogP contribution in [-0.4, -0.2) is 31.8 Å². The molecular weight excluding hydrogens is 525 g/mol. The third-order valence-corrected chi connectivity index (χ3v) is 5.41. The lowest BCUT2D eigenvalue weighted by molar-refractivity contribution is -0.143. The number of hydrogen-bond acceptors (Lipinski definition) is 5. The van der Waals surface area contributed by atoms with E-state index < -0.39 is 64.2 Å². The monoisotopic (exact) mass is 542 g/mol. The molecule has 2 N–H and O–H groups in total. The Bertz CT molecular complexity index is 1380. The van der Waals surface area contributed by atoms with Crippen molar-refractivity contribution >= 4 is 23.3 Å². The van der Waals surface area contributed by atoms with Crippen LogP contribution in [0.5, 0.6) is 5.75 Å². The first-order valence-electron chi connectivity index (χ1n) is 10.5. The van der Waals surface area contributed by atoms with Crippen molar-refractivity contribution < 1.29 is 49.8 Å². The number of carbonyl (C=O) groups is 2. The number of ether oxygens (including phenoxy) is 2. The first-order chi connectivity index (χ1) is 17.8. The first-order valence-corrected chi connectivity index (χ1v) is 10.5. The maximum atomic E-state index is 14.3. The van der Waals surface area contributed by atoms with Crippen LogP contribution >= 0.6 is 0 Å². The van der Waals surface area contributed by atoms with Crippen LogP contribution in [0, 0.1) is 28.7 Å². The Hall–Kier alpha value is -4.42. The zero-order valence-electron chi connectivity index (χ0n) is 19.5. The molecule has 0 aromatic heterocycles. The van der Waals surface area contributed by atoms with Gasteiger partial charge in [0, 0.05) is 0 Å². The minimum Gasteiger partial charge on any atom is -0.497 e. The van der Waals surface area contributed by atoms with E-state index in [2.05, 4.69) is 4.74 Å². The molecule has 13 heteroatoms. The fourth-order valence-corrected chi connectivity index (χ4v) is 3.58. The van der Waals surface area contributed by atoms with Crippen LogP contribution in [0.4, 0.5) is 36.4 Å². The number of carbonyl (C=O) groups excluding carboxylic acids is 2. The molecule has 0 bridgehead atoms. The Labute approximate surface area is 210 Å². The van der Waals surface area contributed by atoms with Crippen molar-refractivity contribution in [2.75, 3.05) is 19.5 Å². The minimum absolute atomic E-state index is 0.122. The van der Waals surface area contributed by atoms with Gasteiger partial charge in [-0.2, -0.15) is 13.2 Å². The molecule has 38 heavy (non-hydrogen) atoms. The molecule has 0 aliphatic rings. The highest BCUT2D eigenvalue weighted by Crippen LogP contribution is 2.38. The van der Waals surface area contributed by atoms with E-state index in [0.29, 0.717) is 5.75 Å². The van der Waals surface area contributed by atoms with Crippen molar-refractivity contribution in [3.63, 3.8) is 0 Å². The van der Waals surface area contributed by atoms with Crippen LogP contribution in [0.15, 0.2) is 48.5 Å². The number of hydrogen-bond donors (Lipinski definition) is 2. The second-order valence-corrected chi connectivity index (χ2v) is 7.69. The molecule has 200 valence electrons. The van der Waals surface area contributed by atoms with Gasteiger partial charge in [-0.25, -0.2) is 22.4 Å². The van der Waals surface area contributed by atoms with E-state index in [1.807, 2.05) is 0 Å². The predicted octanol–water partition coefficient (Wildman–Crippen LogP) is 5.85. The maximum Gasteiger partial charge on any atom is 0.422 e. The highest BCUT2D eigenvalue weighted by Gasteiger charge is 2.42. The molecule has 0 spiro atoms. The van der Waals surface area contributed by atoms with E-state index in [0.717, 1.165) is 7.11 Å². The zero-order valence-corrected chi connectivity index (χ0v) is 19.5. The SMILES string of the molecule is COC(=O)c1ccc(C(C(=N)C(=O)Nc2c(F)c(F)c(C(F)(F)F)c(F)c2F)c2cccc(OC)c2)cc1. The number of alkyl halides is 3. The molecule has 3 aromatic rings. The van der Waals surface area contributed by atoms with Crippen molar-refractivity contribution in [3.05, 3.63) is 94.1 Å². The molecule has 3 aromatic carbocycles. The molecule has 0 aliphatic carbocycles. The summed E-state index contributed by atoms with van der Waals surface area (Å²) < 4.78 is 105. The molecular formula is C25H17F7N2O4. The lowest BCUT2D eigenvalue weighted by Gasteiger charge is -2.20. The van der Waals surface area contributed by atoms with Crippen LogP contribution in [0.3, 0.4) is 0 Å². The van der Waals surface area contributed by atoms with Gasteiger partial charge in [-0.15, -0.1) is 0 Å². The van der Waals surface area contributed by atoms with Gasteiger partial charge in [-0.1, -0.05) is 24.3 Å². The first kappa shape index (κ1) is 28.2. The van der Waals surface area contributed by atoms with Gasteiger partial charge < -0.3 is 14.8 Å². The lowest BCUT2D eigenvalue weighted by atomic mass is 9.86. The third-order valence-electron chi connectivity index (χ3n) is 5.41. The second kappa shape index (κ2) is 10.9. The fourth-order valence-electron chi connectivity index (χ4n) is 3.58. The molecule has 0 fully saturated rings. The molecule has 0 saturated carbocycles. The smallest absolute Gasteiger partial charge is 0.422 e. The van der Waals surface area contributed by atoms with Crippen LogP contribution in [0.1, 0.15) is 33.0 Å². The average Bonchev–Trinajstić information content (AvgIpc) is 2.89. The van der Waals surface area contributed by atoms with Gasteiger partial charge >= 0.3 is 12.1 Å². The fraction of sp³-hybridized carbons (Fsp3) is 0.160. The molecule has 1 unspecified atom stereocenters. The van der Waals surface area contributed by atoms with Crippen LogP contribution in [0.25, 0.3) is 0 Å². The highest BCUT2D eigenvalue weighted by atomic mass is 19.4. The van der Waals surface area contributed by atoms with Crippen molar-refractivity contribution in [1.29, 1.82) is 5.41 Å². The molecule has 0 heterocycles. The number of esters is 1. The summed E-state index contributed by atoms with van der Waals surface area (Å²) in [4.78, 5) is 24.6. The van der Waals surface area contributed by atoms with Gasteiger partial charge in [0.1, 0.15) is 22.7 Å². The van der Waals surface area contributed by atoms with Gasteiger partial charge in [-0.3, -0.25) is 10.2 Å². The molecule has 0 aliphatic heterocycles. The standard InChI is InChI=1S/C25H17F7N2O4/c1-37-14-5-3-4-13(10-14)15(11-6-8-12(9-7-11)24(36)38-2)21(33)23(35)34-22-19(28)17(26)16(25(30,31)32)18(27)20(22)29/h3-10,15,33H,1-2H3,(H,34,35). The Morgan fingerprint density at radius 1 is 0.868 bits per heavy atom. The summed E-state index contributed by atoms with van der Waals surface area (Å²) in [5.74, 6) is -13.8. The number of halogens is 7. The Balaban J connectivity index is 2.06. The van der Waals surface area contributed by atoms with Crippen LogP contribution in [0.2, 0.25) is 0 Å². The number of anilines is 1. The van der Waals surface area contributed by atoms with Crippen molar-refractivity contribution in [2.24, 2.45) is 0 Å². The van der Waals surface area contributed by atoms with E-state index in [1.54, 1.807) is 6.07 Å². The number of rotatable bonds is 7. The van der Waals surface area contributed by atoms with E-state index in [9.17, 15) is 40.3 Å². The van der Waals surface area contributed by atoms with Gasteiger partial charge in [0.05, 0.1) is 25.7 Å². The molecule has 3 rings (SSSR count). The number of methoxy groups -OCH3 is 2. The molecule has 6 nitrogen and oxygen atoms in total. The Kier molecular flexibility index (Phi) is 8.08. The van der Waals surface area contributed by atoms with E-state index in [4.69, 9.17) is 10.1 Å². The summed E-state index contributed by atoms with van der Waals surface area (Å²) in [5, 5.41) is 9.87. The zero-order chi connectivity index (χ0) is 28.4. The predicted molar refractivity (Wildman–Crippen MR) is 120 cm³/mol. The lowest BCUT2D eigenvalue weighted by Crippen LogP contribution is -2.30. The van der Waals surface area contributed by atoms with Gasteiger partial charge in [0.25, 0.3) is 5.91 Å². The molecule has 1 atom stereocenters. The Morgan fingerprint density at radius 3 is 1.95 bits per heavy atom. The summed E-state index contributed by atoms with van der Waals surface area (Å²) >= 11 is 0. The van der Waals surface area contributed by atoms with Crippen LogP contribution in [-0.2, 0) is 15.7 Å².